The second kappa shape index (κ2) is 7.32. The number of carbonyl (C=O) groups is 1. The topological polar surface area (TPSA) is 69.3 Å². The number of hydrogen-bond donors (Lipinski definition) is 1. The number of benzene rings is 1. The molecule has 26 heavy (non-hydrogen) atoms. The summed E-state index contributed by atoms with van der Waals surface area (Å²) in [6.07, 6.45) is 0.101. The van der Waals surface area contributed by atoms with Crippen molar-refractivity contribution < 1.29 is 4.79 Å². The number of rotatable bonds is 3. The average Bonchev–Trinajstić information content (AvgIpc) is 2.58. The Morgan fingerprint density at radius 2 is 1.88 bits per heavy atom. The van der Waals surface area contributed by atoms with E-state index in [0.717, 1.165) is 13.1 Å². The van der Waals surface area contributed by atoms with Crippen molar-refractivity contribution in [1.29, 1.82) is 0 Å². The molecule has 1 amide bonds. The first-order valence-corrected chi connectivity index (χ1v) is 9.02. The molecule has 6 heteroatoms. The van der Waals surface area contributed by atoms with Crippen molar-refractivity contribution in [2.45, 2.75) is 40.2 Å². The molecule has 1 unspecified atom stereocenters. The molecule has 1 saturated heterocycles. The molecular formula is C20H26N4O2. The lowest BCUT2D eigenvalue weighted by Gasteiger charge is -2.41. The van der Waals surface area contributed by atoms with E-state index in [9.17, 15) is 9.59 Å². The lowest BCUT2D eigenvalue weighted by Crippen LogP contribution is -2.54. The largest absolute Gasteiger partial charge is 0.368 e. The number of H-pyrrole nitrogens is 1. The highest BCUT2D eigenvalue weighted by atomic mass is 16.2. The summed E-state index contributed by atoms with van der Waals surface area (Å²) in [6, 6.07) is 8.56. The third kappa shape index (κ3) is 3.79. The molecule has 1 N–H and O–H groups in total. The molecule has 6 nitrogen and oxygen atoms in total. The number of aromatic amines is 1. The summed E-state index contributed by atoms with van der Waals surface area (Å²) in [5, 5.41) is 0. The van der Waals surface area contributed by atoms with E-state index in [4.69, 9.17) is 0 Å². The number of amides is 1. The van der Waals surface area contributed by atoms with Gasteiger partial charge in [-0.25, -0.2) is 4.98 Å². The first kappa shape index (κ1) is 18.2. The van der Waals surface area contributed by atoms with Crippen molar-refractivity contribution in [1.82, 2.24) is 14.9 Å². The first-order valence-electron chi connectivity index (χ1n) is 9.02. The number of anilines is 1. The minimum absolute atomic E-state index is 0.0136. The minimum atomic E-state index is -0.214. The fourth-order valence-electron chi connectivity index (χ4n) is 3.53. The van der Waals surface area contributed by atoms with Crippen LogP contribution < -0.4 is 10.5 Å². The van der Waals surface area contributed by atoms with Crippen molar-refractivity contribution in [2.24, 2.45) is 0 Å². The van der Waals surface area contributed by atoms with Gasteiger partial charge in [0.25, 0.3) is 5.56 Å². The van der Waals surface area contributed by atoms with Gasteiger partial charge in [-0.3, -0.25) is 9.59 Å². The Morgan fingerprint density at radius 3 is 2.50 bits per heavy atom. The summed E-state index contributed by atoms with van der Waals surface area (Å²) in [5.41, 5.74) is 3.31. The van der Waals surface area contributed by atoms with Gasteiger partial charge in [0.15, 0.2) is 0 Å². The quantitative estimate of drug-likeness (QED) is 0.915. The highest BCUT2D eigenvalue weighted by Gasteiger charge is 2.28. The van der Waals surface area contributed by atoms with Crippen LogP contribution in [0, 0.1) is 20.8 Å². The van der Waals surface area contributed by atoms with Crippen molar-refractivity contribution in [2.75, 3.05) is 24.5 Å². The number of aromatic nitrogens is 2. The van der Waals surface area contributed by atoms with Crippen molar-refractivity contribution >= 4 is 11.6 Å². The average molecular weight is 354 g/mol. The van der Waals surface area contributed by atoms with E-state index in [-0.39, 0.29) is 23.9 Å². The number of carbonyl (C=O) groups excluding carboxylic acids is 1. The summed E-state index contributed by atoms with van der Waals surface area (Å²) >= 11 is 0. The molecule has 0 spiro atoms. The minimum Gasteiger partial charge on any atom is -0.368 e. The summed E-state index contributed by atoms with van der Waals surface area (Å²) in [5.74, 6) is 0.559. The van der Waals surface area contributed by atoms with Gasteiger partial charge in [0, 0.05) is 42.6 Å². The second-order valence-electron chi connectivity index (χ2n) is 7.11. The Labute approximate surface area is 153 Å². The molecule has 1 aromatic carbocycles. The summed E-state index contributed by atoms with van der Waals surface area (Å²) in [4.78, 5) is 36.1. The maximum absolute atomic E-state index is 12.8. The van der Waals surface area contributed by atoms with Gasteiger partial charge in [-0.1, -0.05) is 17.7 Å². The van der Waals surface area contributed by atoms with Gasteiger partial charge < -0.3 is 14.8 Å². The predicted octanol–water partition coefficient (Wildman–Crippen LogP) is 1.97. The third-order valence-electron chi connectivity index (χ3n) is 5.02. The maximum Gasteiger partial charge on any atom is 0.254 e. The number of piperazine rings is 1. The SMILES string of the molecule is Cc1ccc(N2CCN(C(=O)Cc3c(C)nc(C)[nH]c3=O)C(C)C2)cc1. The molecule has 2 aromatic rings. The molecule has 0 aliphatic carbocycles. The fraction of sp³-hybridized carbons (Fsp3) is 0.450. The Morgan fingerprint density at radius 1 is 1.19 bits per heavy atom. The molecule has 0 radical (unpaired) electrons. The van der Waals surface area contributed by atoms with Crippen molar-refractivity contribution in [3.05, 3.63) is 57.3 Å². The van der Waals surface area contributed by atoms with Crippen LogP contribution in [-0.2, 0) is 11.2 Å². The van der Waals surface area contributed by atoms with Crippen LogP contribution in [0.2, 0.25) is 0 Å². The van der Waals surface area contributed by atoms with E-state index in [1.165, 1.54) is 11.3 Å². The molecule has 1 aliphatic rings. The molecule has 1 atom stereocenters. The summed E-state index contributed by atoms with van der Waals surface area (Å²) < 4.78 is 0. The lowest BCUT2D eigenvalue weighted by atomic mass is 10.1. The molecule has 0 bridgehead atoms. The van der Waals surface area contributed by atoms with E-state index in [1.807, 2.05) is 4.90 Å². The van der Waals surface area contributed by atoms with Crippen LogP contribution in [0.5, 0.6) is 0 Å². The number of aryl methyl sites for hydroxylation is 3. The van der Waals surface area contributed by atoms with Crippen molar-refractivity contribution in [3.8, 4) is 0 Å². The van der Waals surface area contributed by atoms with Crippen LogP contribution in [0.1, 0.15) is 29.6 Å². The normalized spacial score (nSPS) is 17.5. The van der Waals surface area contributed by atoms with E-state index in [0.29, 0.717) is 23.6 Å². The third-order valence-corrected chi connectivity index (χ3v) is 5.02. The molecular weight excluding hydrogens is 328 g/mol. The Hall–Kier alpha value is -2.63. The van der Waals surface area contributed by atoms with Gasteiger partial charge in [-0.15, -0.1) is 0 Å². The highest BCUT2D eigenvalue weighted by molar-refractivity contribution is 5.79. The molecule has 138 valence electrons. The van der Waals surface area contributed by atoms with Crippen LogP contribution in [-0.4, -0.2) is 46.5 Å². The Kier molecular flexibility index (Phi) is 5.11. The van der Waals surface area contributed by atoms with Crippen LogP contribution >= 0.6 is 0 Å². The van der Waals surface area contributed by atoms with Crippen molar-refractivity contribution in [3.63, 3.8) is 0 Å². The smallest absolute Gasteiger partial charge is 0.254 e. The first-order chi connectivity index (χ1) is 12.3. The summed E-state index contributed by atoms with van der Waals surface area (Å²) in [7, 11) is 0. The van der Waals surface area contributed by atoms with E-state index >= 15 is 0 Å². The fourth-order valence-corrected chi connectivity index (χ4v) is 3.53. The number of hydrogen-bond acceptors (Lipinski definition) is 4. The van der Waals surface area contributed by atoms with Gasteiger partial charge in [0.2, 0.25) is 5.91 Å². The number of nitrogens with zero attached hydrogens (tertiary/aromatic N) is 3. The molecule has 1 aromatic heterocycles. The zero-order valence-corrected chi connectivity index (χ0v) is 15.9. The van der Waals surface area contributed by atoms with Gasteiger partial charge in [0.05, 0.1) is 6.42 Å². The van der Waals surface area contributed by atoms with Gasteiger partial charge in [-0.05, 0) is 39.8 Å². The Bertz CT molecular complexity index is 857. The Balaban J connectivity index is 1.69. The maximum atomic E-state index is 12.8. The molecule has 2 heterocycles. The van der Waals surface area contributed by atoms with Crippen LogP contribution in [0.25, 0.3) is 0 Å². The van der Waals surface area contributed by atoms with Gasteiger partial charge >= 0.3 is 0 Å². The van der Waals surface area contributed by atoms with Crippen LogP contribution in [0.3, 0.4) is 0 Å². The molecule has 1 aliphatic heterocycles. The molecule has 3 rings (SSSR count). The van der Waals surface area contributed by atoms with E-state index in [1.54, 1.807) is 13.8 Å². The zero-order chi connectivity index (χ0) is 18.8. The van der Waals surface area contributed by atoms with Gasteiger partial charge in [-0.2, -0.15) is 0 Å². The monoisotopic (exact) mass is 354 g/mol. The van der Waals surface area contributed by atoms with Gasteiger partial charge in [0.1, 0.15) is 5.82 Å². The zero-order valence-electron chi connectivity index (χ0n) is 15.9. The molecule has 1 fully saturated rings. The number of nitrogens with one attached hydrogen (secondary N) is 1. The predicted molar refractivity (Wildman–Crippen MR) is 103 cm³/mol. The second-order valence-corrected chi connectivity index (χ2v) is 7.11. The summed E-state index contributed by atoms with van der Waals surface area (Å²) in [6.45, 7) is 9.90. The lowest BCUT2D eigenvalue weighted by molar-refractivity contribution is -0.132. The van der Waals surface area contributed by atoms with Crippen LogP contribution in [0.4, 0.5) is 5.69 Å². The van der Waals surface area contributed by atoms with E-state index < -0.39 is 0 Å². The highest BCUT2D eigenvalue weighted by Crippen LogP contribution is 2.20. The van der Waals surface area contributed by atoms with E-state index in [2.05, 4.69) is 53.0 Å². The van der Waals surface area contributed by atoms with Crippen LogP contribution in [0.15, 0.2) is 29.1 Å². The standard InChI is InChI=1S/C20H26N4O2/c1-13-5-7-17(8-6-13)23-9-10-24(14(2)12-23)19(25)11-18-15(3)21-16(4)22-20(18)26/h5-8,14H,9-12H2,1-4H3,(H,21,22,26). The molecule has 0 saturated carbocycles.